The highest BCUT2D eigenvalue weighted by Gasteiger charge is 2.48. The Bertz CT molecular complexity index is 820. The maximum atomic E-state index is 13.0. The molecule has 1 fully saturated rings. The first-order chi connectivity index (χ1) is 12.6. The van der Waals surface area contributed by atoms with Crippen molar-refractivity contribution in [2.45, 2.75) is 44.9 Å². The zero-order chi connectivity index (χ0) is 18.3. The van der Waals surface area contributed by atoms with Crippen LogP contribution in [0.5, 0.6) is 0 Å². The number of thiophene rings is 1. The lowest BCUT2D eigenvalue weighted by molar-refractivity contribution is -0.151. The van der Waals surface area contributed by atoms with Gasteiger partial charge in [-0.15, -0.1) is 11.3 Å². The predicted octanol–water partition coefficient (Wildman–Crippen LogP) is 3.74. The summed E-state index contributed by atoms with van der Waals surface area (Å²) in [6.45, 7) is 0. The molecule has 5 rings (SSSR count). The Morgan fingerprint density at radius 2 is 1.81 bits per heavy atom. The first kappa shape index (κ1) is 17.3. The fourth-order valence-electron chi connectivity index (χ4n) is 4.83. The van der Waals surface area contributed by atoms with Crippen LogP contribution in [0.2, 0.25) is 0 Å². The highest BCUT2D eigenvalue weighted by atomic mass is 32.1. The molecule has 2 bridgehead atoms. The first-order valence-corrected chi connectivity index (χ1v) is 10.2. The van der Waals surface area contributed by atoms with Gasteiger partial charge in [0.05, 0.1) is 17.4 Å². The van der Waals surface area contributed by atoms with Crippen LogP contribution < -0.4 is 5.32 Å². The number of allylic oxidation sites excluding steroid dienone is 2. The monoisotopic (exact) mass is 370 g/mol. The Balaban J connectivity index is 1.62. The Morgan fingerprint density at radius 1 is 1.12 bits per heavy atom. The van der Waals surface area contributed by atoms with Crippen LogP contribution in [0.15, 0.2) is 12.2 Å². The van der Waals surface area contributed by atoms with E-state index in [-0.39, 0.29) is 17.7 Å². The topological polar surface area (TPSA) is 90.2 Å². The highest BCUT2D eigenvalue weighted by Crippen LogP contribution is 2.46. The van der Waals surface area contributed by atoms with E-state index in [0.717, 1.165) is 44.1 Å². The smallest absolute Gasteiger partial charge is 0.307 e. The number of hydrogen-bond donors (Lipinski definition) is 2. The van der Waals surface area contributed by atoms with Crippen molar-refractivity contribution < 1.29 is 14.7 Å². The summed E-state index contributed by atoms with van der Waals surface area (Å²) in [6, 6.07) is 2.27. The molecule has 1 saturated carbocycles. The van der Waals surface area contributed by atoms with Gasteiger partial charge in [0.2, 0.25) is 5.91 Å². The van der Waals surface area contributed by atoms with Crippen molar-refractivity contribution in [3.05, 3.63) is 28.2 Å². The standard InChI is InChI=1S/C20H22N2O3S/c21-10-14-13-4-2-1-3-5-15(13)26-19(14)22-18(23)16-11-6-8-12(9-7-11)17(16)20(24)25/h6,8,11-12,16-17H,1-5,7,9H2,(H,22,23)(H,24,25)/t11-,12+,16+,17+/m1/s1. The maximum Gasteiger partial charge on any atom is 0.307 e. The van der Waals surface area contributed by atoms with Crippen molar-refractivity contribution in [1.82, 2.24) is 0 Å². The van der Waals surface area contributed by atoms with Gasteiger partial charge < -0.3 is 10.4 Å². The molecule has 0 aromatic carbocycles. The SMILES string of the molecule is N#Cc1c(NC(=O)[C@@H]2[C@@H](C(=O)O)[C@H]3C=C[C@@H]2CC3)sc2c1CCCCC2. The average molecular weight is 370 g/mol. The van der Waals surface area contributed by atoms with Gasteiger partial charge in [-0.25, -0.2) is 0 Å². The molecule has 1 aromatic heterocycles. The molecule has 2 N–H and O–H groups in total. The van der Waals surface area contributed by atoms with Gasteiger partial charge in [0.15, 0.2) is 0 Å². The van der Waals surface area contributed by atoms with E-state index in [0.29, 0.717) is 10.6 Å². The third-order valence-corrected chi connectivity index (χ3v) is 7.31. The summed E-state index contributed by atoms with van der Waals surface area (Å²) in [5, 5.41) is 22.8. The van der Waals surface area contributed by atoms with Crippen LogP contribution in [-0.4, -0.2) is 17.0 Å². The third-order valence-electron chi connectivity index (χ3n) is 6.11. The molecule has 6 heteroatoms. The molecule has 26 heavy (non-hydrogen) atoms. The molecule has 1 heterocycles. The first-order valence-electron chi connectivity index (χ1n) is 9.36. The molecule has 0 unspecified atom stereocenters. The summed E-state index contributed by atoms with van der Waals surface area (Å²) < 4.78 is 0. The van der Waals surface area contributed by atoms with E-state index < -0.39 is 17.8 Å². The van der Waals surface area contributed by atoms with Crippen molar-refractivity contribution in [1.29, 1.82) is 5.26 Å². The molecular weight excluding hydrogens is 348 g/mol. The van der Waals surface area contributed by atoms with Gasteiger partial charge in [-0.3, -0.25) is 9.59 Å². The number of hydrogen-bond acceptors (Lipinski definition) is 4. The van der Waals surface area contributed by atoms with Gasteiger partial charge in [-0.2, -0.15) is 5.26 Å². The number of fused-ring (bicyclic) bond motifs is 3. The quantitative estimate of drug-likeness (QED) is 0.626. The third kappa shape index (κ3) is 2.84. The van der Waals surface area contributed by atoms with Gasteiger partial charge >= 0.3 is 5.97 Å². The molecule has 5 nitrogen and oxygen atoms in total. The van der Waals surface area contributed by atoms with Crippen LogP contribution >= 0.6 is 11.3 Å². The number of nitriles is 1. The molecule has 4 atom stereocenters. The highest BCUT2D eigenvalue weighted by molar-refractivity contribution is 7.16. The molecule has 4 aliphatic rings. The second-order valence-corrected chi connectivity index (χ2v) is 8.65. The number of carbonyl (C=O) groups is 2. The van der Waals surface area contributed by atoms with Crippen molar-refractivity contribution in [2.24, 2.45) is 23.7 Å². The zero-order valence-electron chi connectivity index (χ0n) is 14.5. The second kappa shape index (κ2) is 6.88. The van der Waals surface area contributed by atoms with E-state index in [1.807, 2.05) is 12.2 Å². The molecular formula is C20H22N2O3S. The van der Waals surface area contributed by atoms with E-state index in [2.05, 4.69) is 11.4 Å². The number of amides is 1. The number of nitrogens with zero attached hydrogens (tertiary/aromatic N) is 1. The van der Waals surface area contributed by atoms with E-state index in [4.69, 9.17) is 0 Å². The minimum atomic E-state index is -0.897. The lowest BCUT2D eigenvalue weighted by atomic mass is 9.62. The second-order valence-electron chi connectivity index (χ2n) is 7.55. The van der Waals surface area contributed by atoms with Crippen LogP contribution in [0.3, 0.4) is 0 Å². The van der Waals surface area contributed by atoms with Gasteiger partial charge in [-0.05, 0) is 55.9 Å². The molecule has 0 aliphatic heterocycles. The summed E-state index contributed by atoms with van der Waals surface area (Å²) in [4.78, 5) is 26.0. The normalized spacial score (nSPS) is 29.5. The van der Waals surface area contributed by atoms with Gasteiger partial charge in [0.1, 0.15) is 11.1 Å². The summed E-state index contributed by atoms with van der Waals surface area (Å²) >= 11 is 1.50. The predicted molar refractivity (Wildman–Crippen MR) is 98.9 cm³/mol. The van der Waals surface area contributed by atoms with E-state index >= 15 is 0 Å². The van der Waals surface area contributed by atoms with E-state index in [1.165, 1.54) is 22.6 Å². The lowest BCUT2D eigenvalue weighted by Gasteiger charge is -2.41. The van der Waals surface area contributed by atoms with Crippen LogP contribution in [0.4, 0.5) is 5.00 Å². The minimum Gasteiger partial charge on any atom is -0.481 e. The summed E-state index contributed by atoms with van der Waals surface area (Å²) in [5.41, 5.74) is 1.67. The van der Waals surface area contributed by atoms with Crippen molar-refractivity contribution in [3.63, 3.8) is 0 Å². The molecule has 1 amide bonds. The number of carboxylic acids is 1. The molecule has 4 aliphatic carbocycles. The lowest BCUT2D eigenvalue weighted by Crippen LogP contribution is -2.47. The summed E-state index contributed by atoms with van der Waals surface area (Å²) in [5.74, 6) is -2.45. The Hall–Kier alpha value is -2.13. The molecule has 136 valence electrons. The summed E-state index contributed by atoms with van der Waals surface area (Å²) in [7, 11) is 0. The molecule has 0 radical (unpaired) electrons. The van der Waals surface area contributed by atoms with Gasteiger partial charge in [0.25, 0.3) is 0 Å². The number of anilines is 1. The maximum absolute atomic E-state index is 13.0. The van der Waals surface area contributed by atoms with E-state index in [9.17, 15) is 20.0 Å². The van der Waals surface area contributed by atoms with Gasteiger partial charge in [-0.1, -0.05) is 18.6 Å². The minimum absolute atomic E-state index is 0.0237. The number of aryl methyl sites for hydroxylation is 1. The van der Waals surface area contributed by atoms with E-state index in [1.54, 1.807) is 0 Å². The molecule has 0 spiro atoms. The van der Waals surface area contributed by atoms with Crippen LogP contribution in [0.25, 0.3) is 0 Å². The fraction of sp³-hybridized carbons (Fsp3) is 0.550. The number of aliphatic carboxylic acids is 1. The van der Waals surface area contributed by atoms with Gasteiger partial charge in [0, 0.05) is 4.88 Å². The Labute approximate surface area is 156 Å². The Kier molecular flexibility index (Phi) is 4.58. The largest absolute Gasteiger partial charge is 0.481 e. The number of carboxylic acid groups (broad SMARTS) is 1. The van der Waals surface area contributed by atoms with Crippen LogP contribution in [0.1, 0.15) is 48.1 Å². The van der Waals surface area contributed by atoms with Crippen molar-refractivity contribution in [3.8, 4) is 6.07 Å². The fourth-order valence-corrected chi connectivity index (χ4v) is 6.08. The van der Waals surface area contributed by atoms with Crippen molar-refractivity contribution >= 4 is 28.2 Å². The molecule has 1 aromatic rings. The number of nitrogens with one attached hydrogen (secondary N) is 1. The molecule has 0 saturated heterocycles. The zero-order valence-corrected chi connectivity index (χ0v) is 15.3. The summed E-state index contributed by atoms with van der Waals surface area (Å²) in [6.07, 6.45) is 10.9. The van der Waals surface area contributed by atoms with Crippen LogP contribution in [0, 0.1) is 35.0 Å². The Morgan fingerprint density at radius 3 is 2.46 bits per heavy atom. The van der Waals surface area contributed by atoms with Crippen LogP contribution in [-0.2, 0) is 22.4 Å². The average Bonchev–Trinajstić information content (AvgIpc) is 2.81. The van der Waals surface area contributed by atoms with Crippen molar-refractivity contribution in [2.75, 3.05) is 5.32 Å². The number of carbonyl (C=O) groups excluding carboxylic acids is 1. The number of rotatable bonds is 3.